The number of hydrogen-bond donors (Lipinski definition) is 2. The fourth-order valence-electron chi connectivity index (χ4n) is 1.51. The highest BCUT2D eigenvalue weighted by atomic mass is 16.2. The van der Waals surface area contributed by atoms with Gasteiger partial charge in [0.2, 0.25) is 5.91 Å². The molecule has 18 heavy (non-hydrogen) atoms. The van der Waals surface area contributed by atoms with Crippen LogP contribution in [0.3, 0.4) is 0 Å². The van der Waals surface area contributed by atoms with Crippen LogP contribution < -0.4 is 11.1 Å². The number of anilines is 1. The molecule has 0 bridgehead atoms. The van der Waals surface area contributed by atoms with Crippen LogP contribution in [0.15, 0.2) is 24.3 Å². The predicted molar refractivity (Wildman–Crippen MR) is 75.6 cm³/mol. The zero-order valence-electron chi connectivity index (χ0n) is 11.7. The quantitative estimate of drug-likeness (QED) is 0.833. The molecule has 0 aliphatic heterocycles. The standard InChI is InChI=1S/C14H23N3O/c1-11-6-5-7-12(8-11)16-13(18)9-17(4)14(2,3)10-15/h5-8H,9-10,15H2,1-4H3,(H,16,18). The van der Waals surface area contributed by atoms with Crippen molar-refractivity contribution in [2.75, 3.05) is 25.5 Å². The molecule has 1 rings (SSSR count). The number of benzene rings is 1. The van der Waals surface area contributed by atoms with Gasteiger partial charge in [0.15, 0.2) is 0 Å². The second kappa shape index (κ2) is 5.98. The second-order valence-electron chi connectivity index (χ2n) is 5.29. The number of carbonyl (C=O) groups excluding carboxylic acids is 1. The molecule has 0 unspecified atom stereocenters. The summed E-state index contributed by atoms with van der Waals surface area (Å²) in [5.74, 6) is -0.0235. The summed E-state index contributed by atoms with van der Waals surface area (Å²) in [6, 6.07) is 7.77. The van der Waals surface area contributed by atoms with E-state index < -0.39 is 0 Å². The molecule has 0 aliphatic rings. The topological polar surface area (TPSA) is 58.4 Å². The summed E-state index contributed by atoms with van der Waals surface area (Å²) in [7, 11) is 1.91. The van der Waals surface area contributed by atoms with Crippen LogP contribution >= 0.6 is 0 Å². The summed E-state index contributed by atoms with van der Waals surface area (Å²) in [5.41, 5.74) is 7.47. The molecule has 4 heteroatoms. The molecule has 100 valence electrons. The van der Waals surface area contributed by atoms with Crippen molar-refractivity contribution in [3.8, 4) is 0 Å². The smallest absolute Gasteiger partial charge is 0.238 e. The number of nitrogens with zero attached hydrogens (tertiary/aromatic N) is 1. The molecule has 0 heterocycles. The van der Waals surface area contributed by atoms with Crippen LogP contribution in [0.5, 0.6) is 0 Å². The number of rotatable bonds is 5. The number of nitrogens with two attached hydrogens (primary N) is 1. The van der Waals surface area contributed by atoms with Crippen LogP contribution in [0.2, 0.25) is 0 Å². The third-order valence-electron chi connectivity index (χ3n) is 3.22. The van der Waals surface area contributed by atoms with Gasteiger partial charge in [0.1, 0.15) is 0 Å². The number of likely N-dealkylation sites (N-methyl/N-ethyl adjacent to an activating group) is 1. The van der Waals surface area contributed by atoms with Crippen molar-refractivity contribution >= 4 is 11.6 Å². The summed E-state index contributed by atoms with van der Waals surface area (Å²) in [6.07, 6.45) is 0. The number of amides is 1. The molecule has 3 N–H and O–H groups in total. The van der Waals surface area contributed by atoms with Gasteiger partial charge in [-0.3, -0.25) is 9.69 Å². The molecule has 0 saturated carbocycles. The Hall–Kier alpha value is -1.39. The van der Waals surface area contributed by atoms with E-state index in [2.05, 4.69) is 5.32 Å². The average molecular weight is 249 g/mol. The van der Waals surface area contributed by atoms with Gasteiger partial charge < -0.3 is 11.1 Å². The van der Waals surface area contributed by atoms with Gasteiger partial charge in [0.25, 0.3) is 0 Å². The monoisotopic (exact) mass is 249 g/mol. The van der Waals surface area contributed by atoms with Crippen LogP contribution in [-0.2, 0) is 4.79 Å². The van der Waals surface area contributed by atoms with Crippen LogP contribution in [0.4, 0.5) is 5.69 Å². The molecule has 0 fully saturated rings. The van der Waals surface area contributed by atoms with E-state index >= 15 is 0 Å². The molecular formula is C14H23N3O. The van der Waals surface area contributed by atoms with Gasteiger partial charge in [-0.25, -0.2) is 0 Å². The summed E-state index contributed by atoms with van der Waals surface area (Å²) < 4.78 is 0. The number of aryl methyl sites for hydroxylation is 1. The SMILES string of the molecule is Cc1cccc(NC(=O)CN(C)C(C)(C)CN)c1. The van der Waals surface area contributed by atoms with Crippen LogP contribution in [0, 0.1) is 6.92 Å². The Bertz CT molecular complexity index is 415. The lowest BCUT2D eigenvalue weighted by Crippen LogP contribution is -2.49. The Morgan fingerprint density at radius 1 is 1.44 bits per heavy atom. The van der Waals surface area contributed by atoms with Crippen molar-refractivity contribution in [1.29, 1.82) is 0 Å². The van der Waals surface area contributed by atoms with Gasteiger partial charge in [-0.1, -0.05) is 12.1 Å². The maximum Gasteiger partial charge on any atom is 0.238 e. The predicted octanol–water partition coefficient (Wildman–Crippen LogP) is 1.60. The molecule has 0 aliphatic carbocycles. The zero-order valence-corrected chi connectivity index (χ0v) is 11.7. The second-order valence-corrected chi connectivity index (χ2v) is 5.29. The fraction of sp³-hybridized carbons (Fsp3) is 0.500. The lowest BCUT2D eigenvalue weighted by molar-refractivity contribution is -0.118. The fourth-order valence-corrected chi connectivity index (χ4v) is 1.51. The van der Waals surface area contributed by atoms with Gasteiger partial charge in [0.05, 0.1) is 6.54 Å². The Morgan fingerprint density at radius 2 is 2.11 bits per heavy atom. The molecule has 0 radical (unpaired) electrons. The molecule has 1 aromatic carbocycles. The molecule has 0 atom stereocenters. The Kier molecular flexibility index (Phi) is 4.87. The van der Waals surface area contributed by atoms with Gasteiger partial charge in [0, 0.05) is 17.8 Å². The van der Waals surface area contributed by atoms with Crippen molar-refractivity contribution in [3.63, 3.8) is 0 Å². The first-order chi connectivity index (χ1) is 8.35. The van der Waals surface area contributed by atoms with E-state index in [1.54, 1.807) is 0 Å². The lowest BCUT2D eigenvalue weighted by atomic mass is 10.0. The van der Waals surface area contributed by atoms with Gasteiger partial charge in [-0.05, 0) is 45.5 Å². The molecule has 1 amide bonds. The minimum absolute atomic E-state index is 0.0235. The van der Waals surface area contributed by atoms with E-state index in [0.717, 1.165) is 11.3 Å². The maximum absolute atomic E-state index is 11.9. The molecule has 4 nitrogen and oxygen atoms in total. The van der Waals surface area contributed by atoms with Gasteiger partial charge in [-0.15, -0.1) is 0 Å². The summed E-state index contributed by atoms with van der Waals surface area (Å²) in [4.78, 5) is 13.9. The number of nitrogens with one attached hydrogen (secondary N) is 1. The molecule has 1 aromatic rings. The first-order valence-electron chi connectivity index (χ1n) is 6.13. The van der Waals surface area contributed by atoms with E-state index in [1.165, 1.54) is 0 Å². The first kappa shape index (κ1) is 14.7. The highest BCUT2D eigenvalue weighted by molar-refractivity contribution is 5.92. The number of hydrogen-bond acceptors (Lipinski definition) is 3. The minimum Gasteiger partial charge on any atom is -0.329 e. The van der Waals surface area contributed by atoms with E-state index in [1.807, 2.05) is 57.0 Å². The van der Waals surface area contributed by atoms with Crippen molar-refractivity contribution in [1.82, 2.24) is 4.90 Å². The summed E-state index contributed by atoms with van der Waals surface area (Å²) in [5, 5.41) is 2.89. The minimum atomic E-state index is -0.177. The molecule has 0 aromatic heterocycles. The zero-order chi connectivity index (χ0) is 13.8. The van der Waals surface area contributed by atoms with Crippen LogP contribution in [-0.4, -0.2) is 36.5 Å². The third-order valence-corrected chi connectivity index (χ3v) is 3.22. The molecule has 0 spiro atoms. The van der Waals surface area contributed by atoms with E-state index in [0.29, 0.717) is 13.1 Å². The molecule has 0 saturated heterocycles. The van der Waals surface area contributed by atoms with Gasteiger partial charge in [-0.2, -0.15) is 0 Å². The normalized spacial score (nSPS) is 11.7. The highest BCUT2D eigenvalue weighted by Crippen LogP contribution is 2.12. The van der Waals surface area contributed by atoms with Crippen molar-refractivity contribution < 1.29 is 4.79 Å². The van der Waals surface area contributed by atoms with Crippen molar-refractivity contribution in [3.05, 3.63) is 29.8 Å². The van der Waals surface area contributed by atoms with Gasteiger partial charge >= 0.3 is 0 Å². The van der Waals surface area contributed by atoms with E-state index in [-0.39, 0.29) is 11.4 Å². The van der Waals surface area contributed by atoms with Crippen LogP contribution in [0.25, 0.3) is 0 Å². The van der Waals surface area contributed by atoms with Crippen molar-refractivity contribution in [2.24, 2.45) is 5.73 Å². The lowest BCUT2D eigenvalue weighted by Gasteiger charge is -2.33. The van der Waals surface area contributed by atoms with E-state index in [4.69, 9.17) is 5.73 Å². The number of carbonyl (C=O) groups is 1. The summed E-state index contributed by atoms with van der Waals surface area (Å²) in [6.45, 7) is 6.89. The van der Waals surface area contributed by atoms with E-state index in [9.17, 15) is 4.79 Å². The highest BCUT2D eigenvalue weighted by Gasteiger charge is 2.23. The van der Waals surface area contributed by atoms with Crippen LogP contribution in [0.1, 0.15) is 19.4 Å². The third kappa shape index (κ3) is 4.13. The largest absolute Gasteiger partial charge is 0.329 e. The molecular weight excluding hydrogens is 226 g/mol. The first-order valence-corrected chi connectivity index (χ1v) is 6.13. The Labute approximate surface area is 109 Å². The Morgan fingerprint density at radius 3 is 2.67 bits per heavy atom. The maximum atomic E-state index is 11.9. The Balaban J connectivity index is 2.57. The summed E-state index contributed by atoms with van der Waals surface area (Å²) >= 11 is 0. The average Bonchev–Trinajstić information content (AvgIpc) is 2.28. The van der Waals surface area contributed by atoms with Crippen molar-refractivity contribution in [2.45, 2.75) is 26.3 Å².